The second kappa shape index (κ2) is 7.70. The van der Waals surface area contributed by atoms with Crippen LogP contribution in [0.1, 0.15) is 12.6 Å². The highest BCUT2D eigenvalue weighted by Gasteiger charge is 2.06. The molecule has 1 rings (SSSR count). The van der Waals surface area contributed by atoms with Crippen molar-refractivity contribution >= 4 is 6.21 Å². The topological polar surface area (TPSA) is 54.5 Å². The molecule has 0 aromatic carbocycles. The average molecular weight is 232 g/mol. The Morgan fingerprint density at radius 2 is 2.41 bits per heavy atom. The van der Waals surface area contributed by atoms with Gasteiger partial charge in [-0.3, -0.25) is 14.9 Å². The van der Waals surface area contributed by atoms with E-state index in [0.29, 0.717) is 6.54 Å². The second-order valence-electron chi connectivity index (χ2n) is 3.77. The Morgan fingerprint density at radius 1 is 1.59 bits per heavy atom. The summed E-state index contributed by atoms with van der Waals surface area (Å²) < 4.78 is 0. The molecule has 0 atom stereocenters. The van der Waals surface area contributed by atoms with Crippen LogP contribution in [-0.4, -0.2) is 35.7 Å². The number of pyridine rings is 1. The zero-order chi connectivity index (χ0) is 12.5. The molecule has 2 N–H and O–H groups in total. The maximum atomic E-state index is 5.60. The van der Waals surface area contributed by atoms with Crippen molar-refractivity contribution in [2.24, 2.45) is 10.7 Å². The summed E-state index contributed by atoms with van der Waals surface area (Å²) >= 11 is 0. The maximum Gasteiger partial charge on any atom is 0.0544 e. The summed E-state index contributed by atoms with van der Waals surface area (Å²) in [6, 6.07) is 5.91. The van der Waals surface area contributed by atoms with Crippen molar-refractivity contribution in [1.82, 2.24) is 9.88 Å². The summed E-state index contributed by atoms with van der Waals surface area (Å²) in [5, 5.41) is 0. The molecular formula is C13H20N4. The van der Waals surface area contributed by atoms with E-state index in [2.05, 4.69) is 21.5 Å². The van der Waals surface area contributed by atoms with Crippen LogP contribution in [0.15, 0.2) is 41.7 Å². The molecule has 1 aromatic heterocycles. The quantitative estimate of drug-likeness (QED) is 0.724. The van der Waals surface area contributed by atoms with E-state index in [9.17, 15) is 0 Å². The molecule has 0 spiro atoms. The van der Waals surface area contributed by atoms with E-state index in [1.165, 1.54) is 0 Å². The second-order valence-corrected chi connectivity index (χ2v) is 3.77. The maximum absolute atomic E-state index is 5.60. The minimum atomic E-state index is 0.621. The Bertz CT molecular complexity index is 359. The lowest BCUT2D eigenvalue weighted by atomic mass is 10.3. The van der Waals surface area contributed by atoms with Gasteiger partial charge in [0.05, 0.1) is 5.69 Å². The average Bonchev–Trinajstić information content (AvgIpc) is 2.31. The lowest BCUT2D eigenvalue weighted by Gasteiger charge is -2.20. The predicted octanol–water partition coefficient (Wildman–Crippen LogP) is 1.45. The minimum absolute atomic E-state index is 0.621. The molecule has 1 heterocycles. The van der Waals surface area contributed by atoms with Crippen LogP contribution in [0.3, 0.4) is 0 Å². The normalized spacial score (nSPS) is 11.2. The van der Waals surface area contributed by atoms with E-state index in [1.54, 1.807) is 12.4 Å². The number of rotatable bonds is 7. The summed E-state index contributed by atoms with van der Waals surface area (Å²) in [5.41, 5.74) is 7.48. The van der Waals surface area contributed by atoms with Crippen LogP contribution in [0.4, 0.5) is 0 Å². The number of aromatic nitrogens is 1. The van der Waals surface area contributed by atoms with E-state index in [1.807, 2.05) is 25.1 Å². The third kappa shape index (κ3) is 5.38. The lowest BCUT2D eigenvalue weighted by molar-refractivity contribution is 0.292. The first kappa shape index (κ1) is 13.5. The Labute approximate surface area is 103 Å². The fraction of sp³-hybridized carbons (Fsp3) is 0.385. The van der Waals surface area contributed by atoms with Gasteiger partial charge in [-0.15, -0.1) is 0 Å². The van der Waals surface area contributed by atoms with Gasteiger partial charge in [0.2, 0.25) is 0 Å². The Kier molecular flexibility index (Phi) is 6.14. The third-order valence-corrected chi connectivity index (χ3v) is 2.27. The van der Waals surface area contributed by atoms with E-state index in [-0.39, 0.29) is 0 Å². The van der Waals surface area contributed by atoms with E-state index in [0.717, 1.165) is 31.0 Å². The smallest absolute Gasteiger partial charge is 0.0544 e. The number of hydrogen-bond donors (Lipinski definition) is 1. The number of nitrogens with two attached hydrogens (primary N) is 1. The van der Waals surface area contributed by atoms with Crippen LogP contribution < -0.4 is 5.73 Å². The SMILES string of the molecule is C=C(CN(CCN)Cc1ccccn1)N=CC. The van der Waals surface area contributed by atoms with Crippen LogP contribution in [0.5, 0.6) is 0 Å². The molecule has 0 radical (unpaired) electrons. The van der Waals surface area contributed by atoms with Gasteiger partial charge in [0.25, 0.3) is 0 Å². The predicted molar refractivity (Wildman–Crippen MR) is 71.9 cm³/mol. The van der Waals surface area contributed by atoms with Gasteiger partial charge in [0.15, 0.2) is 0 Å². The van der Waals surface area contributed by atoms with Gasteiger partial charge < -0.3 is 5.73 Å². The van der Waals surface area contributed by atoms with Crippen molar-refractivity contribution < 1.29 is 0 Å². The highest BCUT2D eigenvalue weighted by Crippen LogP contribution is 2.04. The molecule has 0 saturated heterocycles. The number of aliphatic imine (C=N–C) groups is 1. The largest absolute Gasteiger partial charge is 0.329 e. The van der Waals surface area contributed by atoms with Crippen LogP contribution >= 0.6 is 0 Å². The van der Waals surface area contributed by atoms with Crippen molar-refractivity contribution in [3.63, 3.8) is 0 Å². The van der Waals surface area contributed by atoms with Crippen LogP contribution in [-0.2, 0) is 6.54 Å². The molecule has 0 saturated carbocycles. The number of hydrogen-bond acceptors (Lipinski definition) is 4. The number of nitrogens with zero attached hydrogens (tertiary/aromatic N) is 3. The minimum Gasteiger partial charge on any atom is -0.329 e. The Hall–Kier alpha value is -1.52. The summed E-state index contributed by atoms with van der Waals surface area (Å²) in [5.74, 6) is 0. The molecular weight excluding hydrogens is 212 g/mol. The molecule has 4 nitrogen and oxygen atoms in total. The van der Waals surface area contributed by atoms with Crippen molar-refractivity contribution in [2.75, 3.05) is 19.6 Å². The first-order chi connectivity index (χ1) is 8.26. The van der Waals surface area contributed by atoms with Crippen LogP contribution in [0.25, 0.3) is 0 Å². The summed E-state index contributed by atoms with van der Waals surface area (Å²) in [4.78, 5) is 10.7. The first-order valence-corrected chi connectivity index (χ1v) is 5.75. The fourth-order valence-corrected chi connectivity index (χ4v) is 1.60. The van der Waals surface area contributed by atoms with Gasteiger partial charge in [-0.25, -0.2) is 0 Å². The van der Waals surface area contributed by atoms with E-state index >= 15 is 0 Å². The molecule has 0 aliphatic carbocycles. The van der Waals surface area contributed by atoms with Crippen LogP contribution in [0, 0.1) is 0 Å². The van der Waals surface area contributed by atoms with E-state index < -0.39 is 0 Å². The highest BCUT2D eigenvalue weighted by atomic mass is 15.1. The van der Waals surface area contributed by atoms with Gasteiger partial charge in [0, 0.05) is 44.3 Å². The molecule has 0 bridgehead atoms. The monoisotopic (exact) mass is 232 g/mol. The van der Waals surface area contributed by atoms with Gasteiger partial charge in [-0.2, -0.15) is 0 Å². The molecule has 17 heavy (non-hydrogen) atoms. The first-order valence-electron chi connectivity index (χ1n) is 5.75. The molecule has 0 amide bonds. The van der Waals surface area contributed by atoms with Gasteiger partial charge in [0.1, 0.15) is 0 Å². The van der Waals surface area contributed by atoms with Crippen LogP contribution in [0.2, 0.25) is 0 Å². The van der Waals surface area contributed by atoms with Crippen molar-refractivity contribution in [2.45, 2.75) is 13.5 Å². The zero-order valence-corrected chi connectivity index (χ0v) is 10.3. The molecule has 0 aliphatic heterocycles. The Morgan fingerprint density at radius 3 is 3.00 bits per heavy atom. The molecule has 0 fully saturated rings. The zero-order valence-electron chi connectivity index (χ0n) is 10.3. The fourth-order valence-electron chi connectivity index (χ4n) is 1.60. The highest BCUT2D eigenvalue weighted by molar-refractivity contribution is 5.55. The van der Waals surface area contributed by atoms with Crippen molar-refractivity contribution in [1.29, 1.82) is 0 Å². The molecule has 0 unspecified atom stereocenters. The van der Waals surface area contributed by atoms with Gasteiger partial charge in [-0.1, -0.05) is 12.6 Å². The molecule has 1 aromatic rings. The summed E-state index contributed by atoms with van der Waals surface area (Å²) in [7, 11) is 0. The van der Waals surface area contributed by atoms with E-state index in [4.69, 9.17) is 5.73 Å². The van der Waals surface area contributed by atoms with Gasteiger partial charge >= 0.3 is 0 Å². The standard InChI is InChI=1S/C13H20N4/c1-3-15-12(2)10-17(9-7-14)11-13-6-4-5-8-16-13/h3-6,8H,2,7,9-11,14H2,1H3. The summed E-state index contributed by atoms with van der Waals surface area (Å²) in [6.07, 6.45) is 3.55. The lowest BCUT2D eigenvalue weighted by Crippen LogP contribution is -2.30. The Balaban J connectivity index is 2.57. The van der Waals surface area contributed by atoms with Crippen molar-refractivity contribution in [3.05, 3.63) is 42.4 Å². The third-order valence-electron chi connectivity index (χ3n) is 2.27. The molecule has 92 valence electrons. The molecule has 0 aliphatic rings. The van der Waals surface area contributed by atoms with Gasteiger partial charge in [-0.05, 0) is 19.1 Å². The summed E-state index contributed by atoms with van der Waals surface area (Å²) in [6.45, 7) is 8.72. The molecule has 4 heteroatoms. The van der Waals surface area contributed by atoms with Crippen molar-refractivity contribution in [3.8, 4) is 0 Å².